The van der Waals surface area contributed by atoms with E-state index in [2.05, 4.69) is 4.90 Å². The maximum Gasteiger partial charge on any atom is 0.229 e. The lowest BCUT2D eigenvalue weighted by molar-refractivity contribution is 0.0942. The fraction of sp³-hybridized carbons (Fsp3) is 0.400. The van der Waals surface area contributed by atoms with E-state index in [0.717, 1.165) is 36.8 Å². The van der Waals surface area contributed by atoms with E-state index in [4.69, 9.17) is 0 Å². The van der Waals surface area contributed by atoms with Crippen LogP contribution in [0.5, 0.6) is 5.75 Å². The highest BCUT2D eigenvalue weighted by Gasteiger charge is 2.24. The smallest absolute Gasteiger partial charge is 0.229 e. The zero-order valence-electron chi connectivity index (χ0n) is 11.1. The topological polar surface area (TPSA) is 45.5 Å². The van der Waals surface area contributed by atoms with Gasteiger partial charge in [0.05, 0.1) is 5.52 Å². The number of piperidine rings is 1. The molecule has 1 aromatic heterocycles. The molecule has 2 aromatic rings. The lowest BCUT2D eigenvalue weighted by atomic mass is 10.1. The first-order valence-electron chi connectivity index (χ1n) is 6.78. The van der Waals surface area contributed by atoms with Crippen LogP contribution in [-0.4, -0.2) is 28.7 Å². The van der Waals surface area contributed by atoms with Crippen molar-refractivity contribution in [2.24, 2.45) is 0 Å². The highest BCUT2D eigenvalue weighted by molar-refractivity contribution is 6.01. The van der Waals surface area contributed by atoms with Crippen molar-refractivity contribution in [2.45, 2.75) is 26.2 Å². The molecule has 1 aromatic carbocycles. The van der Waals surface area contributed by atoms with Crippen LogP contribution in [0.2, 0.25) is 0 Å². The summed E-state index contributed by atoms with van der Waals surface area (Å²) < 4.78 is 1.63. The highest BCUT2D eigenvalue weighted by Crippen LogP contribution is 2.39. The minimum absolute atomic E-state index is 0.0583. The summed E-state index contributed by atoms with van der Waals surface area (Å²) in [6.07, 6.45) is 3.44. The van der Waals surface area contributed by atoms with E-state index in [9.17, 15) is 9.90 Å². The molecule has 0 bridgehead atoms. The number of hydrogen-bond acceptors (Lipinski definition) is 3. The van der Waals surface area contributed by atoms with Gasteiger partial charge in [0, 0.05) is 25.4 Å². The van der Waals surface area contributed by atoms with Crippen molar-refractivity contribution in [1.82, 2.24) is 4.57 Å². The highest BCUT2D eigenvalue weighted by atomic mass is 16.3. The Hall–Kier alpha value is -1.97. The van der Waals surface area contributed by atoms with Crippen molar-refractivity contribution in [3.63, 3.8) is 0 Å². The van der Waals surface area contributed by atoms with Crippen molar-refractivity contribution < 1.29 is 9.90 Å². The molecule has 0 atom stereocenters. The normalized spacial score (nSPS) is 15.9. The van der Waals surface area contributed by atoms with Gasteiger partial charge in [-0.2, -0.15) is 0 Å². The first-order valence-corrected chi connectivity index (χ1v) is 6.78. The zero-order chi connectivity index (χ0) is 13.4. The molecule has 0 saturated carbocycles. The Balaban J connectivity index is 2.24. The van der Waals surface area contributed by atoms with E-state index in [-0.39, 0.29) is 11.7 Å². The summed E-state index contributed by atoms with van der Waals surface area (Å²) in [5, 5.41) is 11.2. The molecule has 0 unspecified atom stereocenters. The molecule has 1 N–H and O–H groups in total. The largest absolute Gasteiger partial charge is 0.504 e. The molecule has 4 heteroatoms. The van der Waals surface area contributed by atoms with Crippen molar-refractivity contribution in [1.29, 1.82) is 0 Å². The maximum atomic E-state index is 12.0. The van der Waals surface area contributed by atoms with Crippen LogP contribution in [-0.2, 0) is 0 Å². The van der Waals surface area contributed by atoms with E-state index < -0.39 is 0 Å². The van der Waals surface area contributed by atoms with Crippen LogP contribution < -0.4 is 4.90 Å². The minimum Gasteiger partial charge on any atom is -0.504 e. The number of aromatic nitrogens is 1. The second-order valence-electron chi connectivity index (χ2n) is 5.09. The SMILES string of the molecule is CC(=O)n1c(N2CCCCC2)c(O)c2ccccc21. The minimum atomic E-state index is -0.0583. The average molecular weight is 258 g/mol. The van der Waals surface area contributed by atoms with E-state index in [1.54, 1.807) is 11.5 Å². The Bertz CT molecular complexity index is 624. The molecule has 1 saturated heterocycles. The Labute approximate surface area is 112 Å². The first-order chi connectivity index (χ1) is 9.20. The number of anilines is 1. The van der Waals surface area contributed by atoms with Gasteiger partial charge in [-0.1, -0.05) is 12.1 Å². The summed E-state index contributed by atoms with van der Waals surface area (Å²) in [7, 11) is 0. The average Bonchev–Trinajstić information content (AvgIpc) is 2.74. The molecule has 0 aliphatic carbocycles. The second kappa shape index (κ2) is 4.61. The molecule has 3 rings (SSSR count). The number of fused-ring (bicyclic) bond motifs is 1. The van der Waals surface area contributed by atoms with Crippen molar-refractivity contribution >= 4 is 22.6 Å². The Kier molecular flexibility index (Phi) is 2.93. The number of carbonyl (C=O) groups excluding carboxylic acids is 1. The summed E-state index contributed by atoms with van der Waals surface area (Å²) in [6.45, 7) is 3.34. The molecule has 1 fully saturated rings. The molecule has 4 nitrogen and oxygen atoms in total. The van der Waals surface area contributed by atoms with Crippen molar-refractivity contribution in [2.75, 3.05) is 18.0 Å². The fourth-order valence-electron chi connectivity index (χ4n) is 2.92. The van der Waals surface area contributed by atoms with Crippen LogP contribution in [0.4, 0.5) is 5.82 Å². The van der Waals surface area contributed by atoms with E-state index >= 15 is 0 Å². The molecule has 19 heavy (non-hydrogen) atoms. The van der Waals surface area contributed by atoms with Crippen molar-refractivity contribution in [3.8, 4) is 5.75 Å². The fourth-order valence-corrected chi connectivity index (χ4v) is 2.92. The monoisotopic (exact) mass is 258 g/mol. The molecule has 0 spiro atoms. The molecule has 2 heterocycles. The molecule has 1 aliphatic rings. The number of aromatic hydroxyl groups is 1. The summed E-state index contributed by atoms with van der Waals surface area (Å²) >= 11 is 0. The lowest BCUT2D eigenvalue weighted by Crippen LogP contribution is -2.32. The van der Waals surface area contributed by atoms with Gasteiger partial charge >= 0.3 is 0 Å². The first kappa shape index (κ1) is 12.1. The quantitative estimate of drug-likeness (QED) is 0.855. The van der Waals surface area contributed by atoms with Gasteiger partial charge in [0.1, 0.15) is 0 Å². The molecule has 0 amide bonds. The van der Waals surface area contributed by atoms with Crippen LogP contribution >= 0.6 is 0 Å². The van der Waals surface area contributed by atoms with E-state index in [0.29, 0.717) is 5.82 Å². The molecule has 0 radical (unpaired) electrons. The van der Waals surface area contributed by atoms with Crippen LogP contribution in [0, 0.1) is 0 Å². The number of benzene rings is 1. The molecule has 1 aliphatic heterocycles. The lowest BCUT2D eigenvalue weighted by Gasteiger charge is -2.29. The third-order valence-electron chi connectivity index (χ3n) is 3.79. The number of nitrogens with zero attached hydrogens (tertiary/aromatic N) is 2. The molecular formula is C15H18N2O2. The predicted octanol–water partition coefficient (Wildman–Crippen LogP) is 3.00. The molecule has 100 valence electrons. The van der Waals surface area contributed by atoms with E-state index in [1.807, 2.05) is 24.3 Å². The number of hydrogen-bond donors (Lipinski definition) is 1. The number of carbonyl (C=O) groups is 1. The standard InChI is InChI=1S/C15H18N2O2/c1-11(18)17-13-8-4-3-7-12(13)14(19)15(17)16-9-5-2-6-10-16/h3-4,7-8,19H,2,5-6,9-10H2,1H3. The van der Waals surface area contributed by atoms with Crippen LogP contribution in [0.1, 0.15) is 31.0 Å². The van der Waals surface area contributed by atoms with Gasteiger partial charge in [0.25, 0.3) is 0 Å². The summed E-state index contributed by atoms with van der Waals surface area (Å²) in [5.74, 6) is 0.832. The third kappa shape index (κ3) is 1.87. The van der Waals surface area contributed by atoms with Gasteiger partial charge in [-0.05, 0) is 31.4 Å². The second-order valence-corrected chi connectivity index (χ2v) is 5.09. The van der Waals surface area contributed by atoms with Gasteiger partial charge in [0.2, 0.25) is 5.91 Å². The zero-order valence-corrected chi connectivity index (χ0v) is 11.1. The Morgan fingerprint density at radius 3 is 2.53 bits per heavy atom. The van der Waals surface area contributed by atoms with E-state index in [1.165, 1.54) is 6.42 Å². The van der Waals surface area contributed by atoms with Gasteiger partial charge in [-0.3, -0.25) is 9.36 Å². The summed E-state index contributed by atoms with van der Waals surface area (Å²) in [5.41, 5.74) is 0.785. The van der Waals surface area contributed by atoms with Gasteiger partial charge < -0.3 is 10.0 Å². The van der Waals surface area contributed by atoms with Gasteiger partial charge in [-0.15, -0.1) is 0 Å². The van der Waals surface area contributed by atoms with Crippen molar-refractivity contribution in [3.05, 3.63) is 24.3 Å². The predicted molar refractivity (Wildman–Crippen MR) is 76.0 cm³/mol. The Morgan fingerprint density at radius 2 is 1.84 bits per heavy atom. The van der Waals surface area contributed by atoms with Crippen LogP contribution in [0.3, 0.4) is 0 Å². The third-order valence-corrected chi connectivity index (χ3v) is 3.79. The van der Waals surface area contributed by atoms with Crippen LogP contribution in [0.15, 0.2) is 24.3 Å². The number of rotatable bonds is 1. The van der Waals surface area contributed by atoms with Crippen LogP contribution in [0.25, 0.3) is 10.9 Å². The summed E-state index contributed by atoms with van der Waals surface area (Å²) in [4.78, 5) is 14.1. The molecular weight excluding hydrogens is 240 g/mol. The Morgan fingerprint density at radius 1 is 1.16 bits per heavy atom. The van der Waals surface area contributed by atoms with Gasteiger partial charge in [-0.25, -0.2) is 0 Å². The van der Waals surface area contributed by atoms with Gasteiger partial charge in [0.15, 0.2) is 11.6 Å². The summed E-state index contributed by atoms with van der Waals surface area (Å²) in [6, 6.07) is 7.51. The maximum absolute atomic E-state index is 12.0. The number of para-hydroxylation sites is 1.